The average Bonchev–Trinajstić information content (AvgIpc) is 2.65. The van der Waals surface area contributed by atoms with Gasteiger partial charge in [-0.15, -0.1) is 0 Å². The third kappa shape index (κ3) is 2.90. The first-order chi connectivity index (χ1) is 10.00. The Morgan fingerprint density at radius 1 is 1.29 bits per heavy atom. The fraction of sp³-hybridized carbons (Fsp3) is 0.571. The highest BCUT2D eigenvalue weighted by molar-refractivity contribution is 9.10. The van der Waals surface area contributed by atoms with Crippen LogP contribution in [-0.4, -0.2) is 57.0 Å². The van der Waals surface area contributed by atoms with Crippen molar-refractivity contribution in [2.75, 3.05) is 39.4 Å². The zero-order valence-corrected chi connectivity index (χ0v) is 14.4. The van der Waals surface area contributed by atoms with Gasteiger partial charge in [0.05, 0.1) is 18.1 Å². The van der Waals surface area contributed by atoms with Crippen LogP contribution in [0.4, 0.5) is 0 Å². The minimum Gasteiger partial charge on any atom is -0.379 e. The number of hydrogen-bond donors (Lipinski definition) is 0. The molecule has 0 aliphatic carbocycles. The van der Waals surface area contributed by atoms with Crippen LogP contribution in [0, 0.1) is 0 Å². The number of rotatable bonds is 3. The Hall–Kier alpha value is -0.470. The molecule has 2 heterocycles. The Labute approximate surface area is 134 Å². The van der Waals surface area contributed by atoms with E-state index in [1.165, 1.54) is 0 Å². The highest BCUT2D eigenvalue weighted by atomic mass is 79.9. The molecule has 1 atom stereocenters. The van der Waals surface area contributed by atoms with Crippen molar-refractivity contribution in [2.24, 2.45) is 0 Å². The fourth-order valence-electron chi connectivity index (χ4n) is 2.95. The van der Waals surface area contributed by atoms with E-state index >= 15 is 0 Å². The molecule has 0 spiro atoms. The summed E-state index contributed by atoms with van der Waals surface area (Å²) < 4.78 is 33.1. The van der Waals surface area contributed by atoms with Gasteiger partial charge in [-0.25, -0.2) is 8.42 Å². The van der Waals surface area contributed by atoms with Gasteiger partial charge in [-0.2, -0.15) is 4.31 Å². The normalized spacial score (nSPS) is 25.9. The maximum absolute atomic E-state index is 12.6. The van der Waals surface area contributed by atoms with Gasteiger partial charge in [0.2, 0.25) is 10.0 Å². The summed E-state index contributed by atoms with van der Waals surface area (Å²) in [6.07, 6.45) is 0. The number of hydrogen-bond acceptors (Lipinski definition) is 4. The van der Waals surface area contributed by atoms with E-state index in [-0.39, 0.29) is 6.04 Å². The molecule has 0 radical (unpaired) electrons. The molecular formula is C14H19BrN2O3S. The zero-order valence-electron chi connectivity index (χ0n) is 12.0. The average molecular weight is 375 g/mol. The van der Waals surface area contributed by atoms with Crippen molar-refractivity contribution in [2.45, 2.75) is 17.9 Å². The van der Waals surface area contributed by atoms with Crippen molar-refractivity contribution in [3.63, 3.8) is 0 Å². The number of benzene rings is 1. The molecule has 116 valence electrons. The van der Waals surface area contributed by atoms with E-state index in [1.807, 2.05) is 13.0 Å². The topological polar surface area (TPSA) is 49.9 Å². The lowest BCUT2D eigenvalue weighted by molar-refractivity contribution is 0.0356. The molecule has 0 aromatic heterocycles. The summed E-state index contributed by atoms with van der Waals surface area (Å²) in [4.78, 5) is 2.70. The number of sulfonamides is 1. The van der Waals surface area contributed by atoms with Gasteiger partial charge in [-0.05, 0) is 30.7 Å². The molecular weight excluding hydrogens is 356 g/mol. The van der Waals surface area contributed by atoms with Gasteiger partial charge >= 0.3 is 0 Å². The van der Waals surface area contributed by atoms with E-state index in [1.54, 1.807) is 16.4 Å². The van der Waals surface area contributed by atoms with Crippen LogP contribution < -0.4 is 0 Å². The molecule has 7 heteroatoms. The van der Waals surface area contributed by atoms with Crippen molar-refractivity contribution in [1.82, 2.24) is 9.21 Å². The minimum absolute atomic E-state index is 0.108. The number of nitrogens with zero attached hydrogens (tertiary/aromatic N) is 2. The van der Waals surface area contributed by atoms with Crippen LogP contribution in [0.2, 0.25) is 0 Å². The van der Waals surface area contributed by atoms with Crippen LogP contribution in [0.3, 0.4) is 0 Å². The molecule has 21 heavy (non-hydrogen) atoms. The minimum atomic E-state index is -3.36. The first-order valence-electron chi connectivity index (χ1n) is 7.11. The molecule has 1 saturated heterocycles. The monoisotopic (exact) mass is 374 g/mol. The van der Waals surface area contributed by atoms with E-state index in [4.69, 9.17) is 4.74 Å². The number of halogens is 1. The van der Waals surface area contributed by atoms with Gasteiger partial charge in [-0.3, -0.25) is 4.90 Å². The molecule has 5 nitrogen and oxygen atoms in total. The predicted octanol–water partition coefficient (Wildman–Crippen LogP) is 1.85. The lowest BCUT2D eigenvalue weighted by Gasteiger charge is -2.29. The molecule has 0 N–H and O–H groups in total. The smallest absolute Gasteiger partial charge is 0.244 e. The maximum atomic E-state index is 12.6. The molecule has 3 rings (SSSR count). The number of morpholine rings is 1. The largest absolute Gasteiger partial charge is 0.379 e. The molecule has 2 aliphatic heterocycles. The number of fused-ring (bicyclic) bond motifs is 1. The SMILES string of the molecule is CC1c2cc(Br)ccc2S(=O)(=O)N1CCN1CCOCC1. The Morgan fingerprint density at radius 2 is 2.00 bits per heavy atom. The van der Waals surface area contributed by atoms with Gasteiger partial charge in [0.25, 0.3) is 0 Å². The Bertz CT molecular complexity index is 629. The van der Waals surface area contributed by atoms with E-state index in [0.717, 1.165) is 42.9 Å². The Balaban J connectivity index is 1.77. The Kier molecular flexibility index (Phi) is 4.38. The molecule has 0 saturated carbocycles. The zero-order chi connectivity index (χ0) is 15.0. The summed E-state index contributed by atoms with van der Waals surface area (Å²) in [5, 5.41) is 0. The van der Waals surface area contributed by atoms with E-state index in [9.17, 15) is 8.42 Å². The first kappa shape index (κ1) is 15.4. The molecule has 2 aliphatic rings. The van der Waals surface area contributed by atoms with Gasteiger partial charge in [0, 0.05) is 36.7 Å². The van der Waals surface area contributed by atoms with E-state index < -0.39 is 10.0 Å². The molecule has 0 amide bonds. The third-order valence-electron chi connectivity index (χ3n) is 4.18. The lowest BCUT2D eigenvalue weighted by Crippen LogP contribution is -2.42. The maximum Gasteiger partial charge on any atom is 0.244 e. The second-order valence-corrected chi connectivity index (χ2v) is 8.20. The molecule has 1 aromatic carbocycles. The summed E-state index contributed by atoms with van der Waals surface area (Å²) in [7, 11) is -3.36. The highest BCUT2D eigenvalue weighted by Crippen LogP contribution is 2.40. The van der Waals surface area contributed by atoms with Crippen LogP contribution in [0.1, 0.15) is 18.5 Å². The van der Waals surface area contributed by atoms with Gasteiger partial charge in [0.15, 0.2) is 0 Å². The summed E-state index contributed by atoms with van der Waals surface area (Å²) in [6.45, 7) is 6.44. The Morgan fingerprint density at radius 3 is 2.71 bits per heavy atom. The van der Waals surface area contributed by atoms with Crippen LogP contribution >= 0.6 is 15.9 Å². The summed E-state index contributed by atoms with van der Waals surface area (Å²) in [5.41, 5.74) is 0.881. The van der Waals surface area contributed by atoms with Crippen molar-refractivity contribution in [3.8, 4) is 0 Å². The summed E-state index contributed by atoms with van der Waals surface area (Å²) in [5.74, 6) is 0. The highest BCUT2D eigenvalue weighted by Gasteiger charge is 2.40. The number of ether oxygens (including phenoxy) is 1. The summed E-state index contributed by atoms with van der Waals surface area (Å²) >= 11 is 3.42. The van der Waals surface area contributed by atoms with Crippen LogP contribution in [0.5, 0.6) is 0 Å². The standard InChI is InChI=1S/C14H19BrN2O3S/c1-11-13-10-12(15)2-3-14(13)21(18,19)17(11)5-4-16-6-8-20-9-7-16/h2-3,10-11H,4-9H2,1H3. The van der Waals surface area contributed by atoms with Gasteiger partial charge in [-0.1, -0.05) is 15.9 Å². The fourth-order valence-corrected chi connectivity index (χ4v) is 5.20. The van der Waals surface area contributed by atoms with E-state index in [2.05, 4.69) is 20.8 Å². The van der Waals surface area contributed by atoms with Crippen LogP contribution in [0.15, 0.2) is 27.6 Å². The van der Waals surface area contributed by atoms with Crippen molar-refractivity contribution >= 4 is 26.0 Å². The van der Waals surface area contributed by atoms with Crippen LogP contribution in [-0.2, 0) is 14.8 Å². The predicted molar refractivity (Wildman–Crippen MR) is 83.7 cm³/mol. The lowest BCUT2D eigenvalue weighted by atomic mass is 10.1. The molecule has 1 aromatic rings. The van der Waals surface area contributed by atoms with Crippen molar-refractivity contribution in [1.29, 1.82) is 0 Å². The first-order valence-corrected chi connectivity index (χ1v) is 9.35. The molecule has 1 fully saturated rings. The quantitative estimate of drug-likeness (QED) is 0.809. The second kappa shape index (κ2) is 5.96. The third-order valence-corrected chi connectivity index (χ3v) is 6.72. The molecule has 0 bridgehead atoms. The van der Waals surface area contributed by atoms with Gasteiger partial charge < -0.3 is 4.74 Å². The van der Waals surface area contributed by atoms with Crippen molar-refractivity contribution < 1.29 is 13.2 Å². The second-order valence-electron chi connectivity index (χ2n) is 5.43. The van der Waals surface area contributed by atoms with Gasteiger partial charge in [0.1, 0.15) is 0 Å². The van der Waals surface area contributed by atoms with Crippen molar-refractivity contribution in [3.05, 3.63) is 28.2 Å². The summed E-state index contributed by atoms with van der Waals surface area (Å²) in [6, 6.07) is 5.28. The van der Waals surface area contributed by atoms with E-state index in [0.29, 0.717) is 11.4 Å². The van der Waals surface area contributed by atoms with Crippen LogP contribution in [0.25, 0.3) is 0 Å². The molecule has 1 unspecified atom stereocenters.